The van der Waals surface area contributed by atoms with Crippen LogP contribution in [0.5, 0.6) is 0 Å². The number of hydrogen-bond donors (Lipinski definition) is 0. The van der Waals surface area contributed by atoms with Crippen LogP contribution in [0.4, 0.5) is 0 Å². The molecule has 1 nitrogen and oxygen atoms in total. The second kappa shape index (κ2) is 5.68. The van der Waals surface area contributed by atoms with Crippen LogP contribution in [0.3, 0.4) is 0 Å². The monoisotopic (exact) mass is 232 g/mol. The topological polar surface area (TPSA) is 9.23 Å². The molecule has 1 aliphatic rings. The molecule has 0 N–H and O–H groups in total. The van der Waals surface area contributed by atoms with E-state index >= 15 is 0 Å². The first-order valence-electron chi connectivity index (χ1n) is 6.98. The highest BCUT2D eigenvalue weighted by molar-refractivity contribution is 5.21. The summed E-state index contributed by atoms with van der Waals surface area (Å²) in [5, 5.41) is 0. The lowest BCUT2D eigenvalue weighted by atomic mass is 9.84. The van der Waals surface area contributed by atoms with Gasteiger partial charge in [-0.25, -0.2) is 0 Å². The molecule has 1 saturated heterocycles. The van der Waals surface area contributed by atoms with Crippen LogP contribution in [-0.4, -0.2) is 12.2 Å². The molecule has 0 spiro atoms. The number of ether oxygens (including phenoxy) is 1. The van der Waals surface area contributed by atoms with Crippen molar-refractivity contribution in [2.75, 3.05) is 6.61 Å². The summed E-state index contributed by atoms with van der Waals surface area (Å²) in [6.45, 7) is 5.43. The van der Waals surface area contributed by atoms with Gasteiger partial charge >= 0.3 is 0 Å². The predicted molar refractivity (Wildman–Crippen MR) is 72.3 cm³/mol. The molecular weight excluding hydrogens is 208 g/mol. The minimum absolute atomic E-state index is 0.171. The summed E-state index contributed by atoms with van der Waals surface area (Å²) in [7, 11) is 0. The van der Waals surface area contributed by atoms with E-state index in [0.717, 1.165) is 6.61 Å². The molecule has 1 heterocycles. The molecule has 1 aliphatic heterocycles. The highest BCUT2D eigenvalue weighted by atomic mass is 16.5. The molecule has 1 aromatic carbocycles. The summed E-state index contributed by atoms with van der Waals surface area (Å²) in [6, 6.07) is 10.8. The van der Waals surface area contributed by atoms with Crippen LogP contribution < -0.4 is 0 Å². The smallest absolute Gasteiger partial charge is 0.0689 e. The average Bonchev–Trinajstić information content (AvgIpc) is 2.76. The highest BCUT2D eigenvalue weighted by Crippen LogP contribution is 2.42. The van der Waals surface area contributed by atoms with Crippen molar-refractivity contribution in [1.82, 2.24) is 0 Å². The molecule has 94 valence electrons. The van der Waals surface area contributed by atoms with Crippen LogP contribution in [0.15, 0.2) is 30.3 Å². The molecule has 1 unspecified atom stereocenters. The first-order chi connectivity index (χ1) is 8.29. The second-order valence-corrected chi connectivity index (χ2v) is 5.31. The first kappa shape index (κ1) is 12.6. The fraction of sp³-hybridized carbons (Fsp3) is 0.625. The van der Waals surface area contributed by atoms with Gasteiger partial charge in [0.25, 0.3) is 0 Å². The van der Waals surface area contributed by atoms with E-state index in [9.17, 15) is 0 Å². The maximum Gasteiger partial charge on any atom is 0.0689 e. The summed E-state index contributed by atoms with van der Waals surface area (Å²) < 4.78 is 6.19. The van der Waals surface area contributed by atoms with E-state index in [0.29, 0.717) is 5.92 Å². The maximum absolute atomic E-state index is 6.19. The number of rotatable bonds is 5. The van der Waals surface area contributed by atoms with Gasteiger partial charge in [-0.3, -0.25) is 0 Å². The summed E-state index contributed by atoms with van der Waals surface area (Å²) in [5.41, 5.74) is 1.62. The summed E-state index contributed by atoms with van der Waals surface area (Å²) >= 11 is 0. The van der Waals surface area contributed by atoms with Gasteiger partial charge in [0.1, 0.15) is 0 Å². The van der Waals surface area contributed by atoms with E-state index in [1.807, 2.05) is 0 Å². The Labute approximate surface area is 105 Å². The van der Waals surface area contributed by atoms with E-state index in [4.69, 9.17) is 4.74 Å². The van der Waals surface area contributed by atoms with Crippen LogP contribution in [0.25, 0.3) is 0 Å². The van der Waals surface area contributed by atoms with Crippen LogP contribution in [0.1, 0.15) is 57.4 Å². The lowest BCUT2D eigenvalue weighted by molar-refractivity contribution is -0.0109. The Morgan fingerprint density at radius 1 is 1.12 bits per heavy atom. The SMILES string of the molecule is CCCC1(CCC)CC(c2ccccc2)CO1. The molecule has 2 rings (SSSR count). The fourth-order valence-electron chi connectivity index (χ4n) is 3.17. The molecule has 0 radical (unpaired) electrons. The Morgan fingerprint density at radius 2 is 1.76 bits per heavy atom. The van der Waals surface area contributed by atoms with Crippen LogP contribution in [0.2, 0.25) is 0 Å². The Hall–Kier alpha value is -0.820. The van der Waals surface area contributed by atoms with Crippen LogP contribution in [-0.2, 0) is 4.74 Å². The fourth-order valence-corrected chi connectivity index (χ4v) is 3.17. The Balaban J connectivity index is 2.06. The molecule has 0 amide bonds. The lowest BCUT2D eigenvalue weighted by Gasteiger charge is -2.27. The maximum atomic E-state index is 6.19. The van der Waals surface area contributed by atoms with Gasteiger partial charge < -0.3 is 4.74 Å². The third-order valence-corrected chi connectivity index (χ3v) is 3.89. The molecule has 0 saturated carbocycles. The molecular formula is C16H24O. The van der Waals surface area contributed by atoms with Crippen molar-refractivity contribution in [3.8, 4) is 0 Å². The highest BCUT2D eigenvalue weighted by Gasteiger charge is 2.39. The van der Waals surface area contributed by atoms with Crippen molar-refractivity contribution in [3.63, 3.8) is 0 Å². The Morgan fingerprint density at radius 3 is 2.35 bits per heavy atom. The van der Waals surface area contributed by atoms with Gasteiger partial charge in [-0.05, 0) is 24.8 Å². The van der Waals surface area contributed by atoms with E-state index < -0.39 is 0 Å². The van der Waals surface area contributed by atoms with Crippen molar-refractivity contribution < 1.29 is 4.74 Å². The normalized spacial score (nSPS) is 22.8. The zero-order chi connectivity index (χ0) is 12.1. The Bertz CT molecular complexity index is 325. The summed E-state index contributed by atoms with van der Waals surface area (Å²) in [6.07, 6.45) is 6.08. The Kier molecular flexibility index (Phi) is 4.22. The quantitative estimate of drug-likeness (QED) is 0.724. The zero-order valence-corrected chi connectivity index (χ0v) is 11.1. The minimum Gasteiger partial charge on any atom is -0.374 e. The molecule has 0 aromatic heterocycles. The molecule has 1 atom stereocenters. The van der Waals surface area contributed by atoms with E-state index in [-0.39, 0.29) is 5.60 Å². The van der Waals surface area contributed by atoms with Gasteiger partial charge in [-0.1, -0.05) is 57.0 Å². The molecule has 0 bridgehead atoms. The van der Waals surface area contributed by atoms with Gasteiger partial charge in [0, 0.05) is 5.92 Å². The molecule has 17 heavy (non-hydrogen) atoms. The van der Waals surface area contributed by atoms with Crippen LogP contribution in [0, 0.1) is 0 Å². The van der Waals surface area contributed by atoms with Crippen LogP contribution >= 0.6 is 0 Å². The third-order valence-electron chi connectivity index (χ3n) is 3.89. The number of hydrogen-bond acceptors (Lipinski definition) is 1. The van der Waals surface area contributed by atoms with Gasteiger partial charge in [-0.15, -0.1) is 0 Å². The first-order valence-corrected chi connectivity index (χ1v) is 6.98. The van der Waals surface area contributed by atoms with E-state index in [2.05, 4.69) is 44.2 Å². The summed E-state index contributed by atoms with van der Waals surface area (Å²) in [5.74, 6) is 0.606. The van der Waals surface area contributed by atoms with Crippen molar-refractivity contribution >= 4 is 0 Å². The third kappa shape index (κ3) is 2.90. The molecule has 1 heteroatoms. The molecule has 1 aromatic rings. The van der Waals surface area contributed by atoms with Crippen molar-refractivity contribution in [3.05, 3.63) is 35.9 Å². The predicted octanol–water partition coefficient (Wildman–Crippen LogP) is 4.53. The van der Waals surface area contributed by atoms with Crippen molar-refractivity contribution in [2.45, 2.75) is 57.5 Å². The number of benzene rings is 1. The second-order valence-electron chi connectivity index (χ2n) is 5.31. The largest absolute Gasteiger partial charge is 0.374 e. The average molecular weight is 232 g/mol. The van der Waals surface area contributed by atoms with Crippen molar-refractivity contribution in [1.29, 1.82) is 0 Å². The van der Waals surface area contributed by atoms with Gasteiger partial charge in [0.05, 0.1) is 12.2 Å². The molecule has 0 aliphatic carbocycles. The van der Waals surface area contributed by atoms with Gasteiger partial charge in [0.15, 0.2) is 0 Å². The standard InChI is InChI=1S/C16H24O/c1-3-10-16(11-4-2)12-15(13-17-16)14-8-6-5-7-9-14/h5-9,15H,3-4,10-13H2,1-2H3. The minimum atomic E-state index is 0.171. The lowest BCUT2D eigenvalue weighted by Crippen LogP contribution is -2.27. The van der Waals surface area contributed by atoms with Gasteiger partial charge in [-0.2, -0.15) is 0 Å². The van der Waals surface area contributed by atoms with E-state index in [1.54, 1.807) is 0 Å². The summed E-state index contributed by atoms with van der Waals surface area (Å²) in [4.78, 5) is 0. The zero-order valence-electron chi connectivity index (χ0n) is 11.1. The van der Waals surface area contributed by atoms with E-state index in [1.165, 1.54) is 37.7 Å². The van der Waals surface area contributed by atoms with Crippen molar-refractivity contribution in [2.24, 2.45) is 0 Å². The molecule has 1 fully saturated rings. The van der Waals surface area contributed by atoms with Gasteiger partial charge in [0.2, 0.25) is 0 Å².